The molecule has 1 aliphatic heterocycles. The molecule has 2 bridgehead atoms. The lowest BCUT2D eigenvalue weighted by Crippen LogP contribution is -2.55. The molecule has 1 saturated carbocycles. The maximum atomic E-state index is 15.0. The van der Waals surface area contributed by atoms with Crippen molar-refractivity contribution >= 4 is 17.5 Å². The Labute approximate surface area is 331 Å². The fraction of sp³-hybridized carbons (Fsp3) is 0.417. The van der Waals surface area contributed by atoms with Crippen LogP contribution in [0.5, 0.6) is 5.75 Å². The predicted molar refractivity (Wildman–Crippen MR) is 221 cm³/mol. The SMILES string of the molecule is COc1ccc(NC(=O)N(C[C@H]2CCCO2)C[C@]2(O)CC[C@H]3c4ccc(cc4C(=O)c4ccccc4-c4ccccc4)C[C@@H](O)CCC(C)=CCC[C@@]32C)cc1. The number of methoxy groups -OCH3 is 1. The number of anilines is 1. The summed E-state index contributed by atoms with van der Waals surface area (Å²) in [7, 11) is 1.61. The van der Waals surface area contributed by atoms with Gasteiger partial charge in [-0.1, -0.05) is 85.3 Å². The molecule has 4 aliphatic rings. The van der Waals surface area contributed by atoms with Crippen LogP contribution in [0.15, 0.2) is 109 Å². The molecule has 5 atom stereocenters. The van der Waals surface area contributed by atoms with Crippen LogP contribution in [-0.2, 0) is 11.2 Å². The number of aliphatic hydroxyl groups excluding tert-OH is 1. The number of ketones is 1. The number of amides is 2. The van der Waals surface area contributed by atoms with Gasteiger partial charge in [-0.2, -0.15) is 0 Å². The van der Waals surface area contributed by atoms with Gasteiger partial charge in [0.1, 0.15) is 5.75 Å². The van der Waals surface area contributed by atoms with Gasteiger partial charge in [-0.3, -0.25) is 4.79 Å². The van der Waals surface area contributed by atoms with Crippen molar-refractivity contribution in [2.24, 2.45) is 5.41 Å². The van der Waals surface area contributed by atoms with Crippen molar-refractivity contribution in [1.82, 2.24) is 4.90 Å². The first-order chi connectivity index (χ1) is 27.1. The molecule has 1 heterocycles. The number of ether oxygens (including phenoxy) is 2. The first kappa shape index (κ1) is 39.5. The minimum atomic E-state index is -1.27. The van der Waals surface area contributed by atoms with E-state index < -0.39 is 17.1 Å². The van der Waals surface area contributed by atoms with E-state index >= 15 is 4.79 Å². The molecule has 3 N–H and O–H groups in total. The number of fused-ring (bicyclic) bond motifs is 8. The summed E-state index contributed by atoms with van der Waals surface area (Å²) in [5.74, 6) is 0.442. The second-order valence-corrected chi connectivity index (χ2v) is 16.4. The molecule has 8 nitrogen and oxygen atoms in total. The van der Waals surface area contributed by atoms with E-state index in [4.69, 9.17) is 9.47 Å². The third-order valence-corrected chi connectivity index (χ3v) is 12.7. The quantitative estimate of drug-likeness (QED) is 0.116. The summed E-state index contributed by atoms with van der Waals surface area (Å²) in [5, 5.41) is 27.3. The molecule has 8 heteroatoms. The number of aliphatic hydroxyl groups is 2. The fourth-order valence-corrected chi connectivity index (χ4v) is 9.34. The third kappa shape index (κ3) is 8.48. The molecule has 0 radical (unpaired) electrons. The predicted octanol–water partition coefficient (Wildman–Crippen LogP) is 9.34. The maximum absolute atomic E-state index is 15.0. The Balaban J connectivity index is 1.29. The van der Waals surface area contributed by atoms with E-state index in [2.05, 4.69) is 37.4 Å². The second-order valence-electron chi connectivity index (χ2n) is 16.4. The summed E-state index contributed by atoms with van der Waals surface area (Å²) in [5.41, 5.74) is 4.73. The summed E-state index contributed by atoms with van der Waals surface area (Å²) in [6, 6.07) is 30.8. The highest BCUT2D eigenvalue weighted by atomic mass is 16.5. The monoisotopic (exact) mass is 756 g/mol. The number of hydrogen-bond acceptors (Lipinski definition) is 6. The van der Waals surface area contributed by atoms with Crippen molar-refractivity contribution in [3.05, 3.63) is 131 Å². The van der Waals surface area contributed by atoms with Gasteiger partial charge in [0.25, 0.3) is 0 Å². The van der Waals surface area contributed by atoms with E-state index in [9.17, 15) is 15.0 Å². The van der Waals surface area contributed by atoms with E-state index in [1.54, 1.807) is 12.0 Å². The first-order valence-electron chi connectivity index (χ1n) is 20.3. The van der Waals surface area contributed by atoms with E-state index in [1.165, 1.54) is 5.57 Å². The molecule has 2 fully saturated rings. The summed E-state index contributed by atoms with van der Waals surface area (Å²) >= 11 is 0. The van der Waals surface area contributed by atoms with Crippen LogP contribution < -0.4 is 10.1 Å². The Hall–Kier alpha value is -4.76. The van der Waals surface area contributed by atoms with Gasteiger partial charge in [-0.05, 0) is 123 Å². The van der Waals surface area contributed by atoms with Crippen LogP contribution in [0.25, 0.3) is 11.1 Å². The Morgan fingerprint density at radius 3 is 2.45 bits per heavy atom. The van der Waals surface area contributed by atoms with Crippen molar-refractivity contribution in [3.8, 4) is 16.9 Å². The van der Waals surface area contributed by atoms with Crippen molar-refractivity contribution in [3.63, 3.8) is 0 Å². The largest absolute Gasteiger partial charge is 0.497 e. The van der Waals surface area contributed by atoms with Gasteiger partial charge >= 0.3 is 6.03 Å². The molecular formula is C48H56N2O6. The summed E-state index contributed by atoms with van der Waals surface area (Å²) < 4.78 is 11.4. The first-order valence-corrected chi connectivity index (χ1v) is 20.3. The molecule has 3 aliphatic carbocycles. The zero-order chi connectivity index (χ0) is 39.3. The second kappa shape index (κ2) is 17.2. The molecule has 56 heavy (non-hydrogen) atoms. The molecule has 2 amide bonds. The highest BCUT2D eigenvalue weighted by molar-refractivity contribution is 6.13. The lowest BCUT2D eigenvalue weighted by atomic mass is 9.64. The normalized spacial score (nSPS) is 25.2. The lowest BCUT2D eigenvalue weighted by Gasteiger charge is -2.46. The topological polar surface area (TPSA) is 108 Å². The number of carbonyl (C=O) groups excluding carboxylic acids is 2. The Bertz CT molecular complexity index is 2020. The molecule has 4 aromatic rings. The molecule has 0 unspecified atom stereocenters. The van der Waals surface area contributed by atoms with Crippen molar-refractivity contribution in [1.29, 1.82) is 0 Å². The van der Waals surface area contributed by atoms with Crippen molar-refractivity contribution < 1.29 is 29.3 Å². The smallest absolute Gasteiger partial charge is 0.322 e. The maximum Gasteiger partial charge on any atom is 0.322 e. The van der Waals surface area contributed by atoms with Crippen LogP contribution in [0.3, 0.4) is 0 Å². The van der Waals surface area contributed by atoms with Crippen LogP contribution in [0.4, 0.5) is 10.5 Å². The number of urea groups is 1. The number of nitrogens with zero attached hydrogens (tertiary/aromatic N) is 1. The number of rotatable bonds is 9. The van der Waals surface area contributed by atoms with Crippen molar-refractivity contribution in [2.75, 3.05) is 32.1 Å². The Morgan fingerprint density at radius 1 is 0.929 bits per heavy atom. The summed E-state index contributed by atoms with van der Waals surface area (Å²) in [6.45, 7) is 5.41. The van der Waals surface area contributed by atoms with Gasteiger partial charge in [0.05, 0.1) is 31.5 Å². The van der Waals surface area contributed by atoms with Gasteiger partial charge in [-0.15, -0.1) is 0 Å². The minimum absolute atomic E-state index is 0.0738. The number of nitrogens with one attached hydrogen (secondary N) is 1. The van der Waals surface area contributed by atoms with Gasteiger partial charge in [0.15, 0.2) is 5.78 Å². The number of benzene rings is 4. The fourth-order valence-electron chi connectivity index (χ4n) is 9.34. The van der Waals surface area contributed by atoms with E-state index in [1.807, 2.05) is 84.9 Å². The van der Waals surface area contributed by atoms with Gasteiger partial charge < -0.3 is 29.9 Å². The highest BCUT2D eigenvalue weighted by Gasteiger charge is 2.58. The number of carbonyl (C=O) groups is 2. The zero-order valence-electron chi connectivity index (χ0n) is 33.0. The number of allylic oxidation sites excluding steroid dienone is 2. The lowest BCUT2D eigenvalue weighted by molar-refractivity contribution is -0.0799. The zero-order valence-corrected chi connectivity index (χ0v) is 33.0. The average molecular weight is 757 g/mol. The standard InChI is InChI=1S/C48H56N2O6/c1-33-11-9-26-47(2)44(25-27-48(47,54)32-50(31-39-14-10-28-56-39)46(53)49-36-19-22-38(55-3)23-20-36)41-24-18-34(29-37(51)21-17-33)30-43(41)45(52)42-16-8-7-15-40(42)35-12-5-4-6-13-35/h4-8,11-13,15-16,18-20,22-24,30,37,39,44,51,54H,9-10,14,17,21,25-29,31-32H2,1-3H3,(H,49,53)/t37-,39+,44-,47-,48+/m0/s1. The summed E-state index contributed by atoms with van der Waals surface area (Å²) in [6.07, 6.45) is 7.69. The van der Waals surface area contributed by atoms with Crippen molar-refractivity contribution in [2.45, 2.75) is 95.4 Å². The Morgan fingerprint density at radius 2 is 1.70 bits per heavy atom. The van der Waals surface area contributed by atoms with Gasteiger partial charge in [-0.25, -0.2) is 4.79 Å². The van der Waals surface area contributed by atoms with Crippen LogP contribution in [0.1, 0.15) is 98.2 Å². The van der Waals surface area contributed by atoms with Crippen LogP contribution in [-0.4, -0.2) is 71.5 Å². The molecule has 0 spiro atoms. The summed E-state index contributed by atoms with van der Waals surface area (Å²) in [4.78, 5) is 31.0. The van der Waals surface area contributed by atoms with Crippen LogP contribution in [0.2, 0.25) is 0 Å². The van der Waals surface area contributed by atoms with Gasteiger partial charge in [0.2, 0.25) is 0 Å². The molecule has 0 aromatic heterocycles. The third-order valence-electron chi connectivity index (χ3n) is 12.7. The molecule has 294 valence electrons. The van der Waals surface area contributed by atoms with Gasteiger partial charge in [0, 0.05) is 35.4 Å². The Kier molecular flexibility index (Phi) is 12.1. The molecule has 1 saturated heterocycles. The van der Waals surface area contributed by atoms with E-state index in [0.717, 1.165) is 47.9 Å². The van der Waals surface area contributed by atoms with Crippen LogP contribution in [0, 0.1) is 5.41 Å². The highest BCUT2D eigenvalue weighted by Crippen LogP contribution is 2.59. The van der Waals surface area contributed by atoms with E-state index in [0.29, 0.717) is 67.8 Å². The average Bonchev–Trinajstić information content (AvgIpc) is 3.82. The van der Waals surface area contributed by atoms with E-state index in [-0.39, 0.29) is 30.4 Å². The van der Waals surface area contributed by atoms with Crippen LogP contribution >= 0.6 is 0 Å². The molecule has 8 rings (SSSR count). The number of hydrogen-bond donors (Lipinski definition) is 3. The molecule has 4 aromatic carbocycles. The minimum Gasteiger partial charge on any atom is -0.497 e. The molecular weight excluding hydrogens is 701 g/mol.